The highest BCUT2D eigenvalue weighted by Gasteiger charge is 2.15. The van der Waals surface area contributed by atoms with Crippen molar-refractivity contribution in [2.75, 3.05) is 52.4 Å². The highest BCUT2D eigenvalue weighted by molar-refractivity contribution is 5.74. The number of urea groups is 2. The summed E-state index contributed by atoms with van der Waals surface area (Å²) in [5.41, 5.74) is 5.07. The molecule has 0 saturated carbocycles. The van der Waals surface area contributed by atoms with Crippen molar-refractivity contribution in [3.8, 4) is 0 Å². The summed E-state index contributed by atoms with van der Waals surface area (Å²) in [7, 11) is 0. The molecule has 8 heteroatoms. The summed E-state index contributed by atoms with van der Waals surface area (Å²) in [6.07, 6.45) is 6.94. The Morgan fingerprint density at radius 3 is 0.980 bits per heavy atom. The van der Waals surface area contributed by atoms with E-state index in [0.717, 1.165) is 64.7 Å². The molecule has 4 aromatic rings. The van der Waals surface area contributed by atoms with Gasteiger partial charge < -0.3 is 31.9 Å². The summed E-state index contributed by atoms with van der Waals surface area (Å²) >= 11 is 0. The largest absolute Gasteiger partial charge is 0.338 e. The van der Waals surface area contributed by atoms with Crippen LogP contribution in [-0.2, 0) is 0 Å². The molecule has 0 unspecified atom stereocenters. The second kappa shape index (κ2) is 24.5. The van der Waals surface area contributed by atoms with Crippen LogP contribution in [0, 0.1) is 0 Å². The van der Waals surface area contributed by atoms with Gasteiger partial charge in [-0.05, 0) is 87.0 Å². The maximum absolute atomic E-state index is 12.3. The van der Waals surface area contributed by atoms with E-state index in [-0.39, 0.29) is 23.9 Å². The van der Waals surface area contributed by atoms with Crippen molar-refractivity contribution in [2.24, 2.45) is 0 Å². The highest BCUT2D eigenvalue weighted by Crippen LogP contribution is 2.28. The van der Waals surface area contributed by atoms with Gasteiger partial charge in [-0.1, -0.05) is 128 Å². The first-order chi connectivity index (χ1) is 25.2. The van der Waals surface area contributed by atoms with Gasteiger partial charge in [0.05, 0.1) is 0 Å². The van der Waals surface area contributed by atoms with Crippen LogP contribution in [0.4, 0.5) is 9.59 Å². The van der Waals surface area contributed by atoms with Gasteiger partial charge >= 0.3 is 12.1 Å². The van der Waals surface area contributed by atoms with Gasteiger partial charge in [-0.15, -0.1) is 0 Å². The second-order valence-electron chi connectivity index (χ2n) is 13.0. The van der Waals surface area contributed by atoms with Gasteiger partial charge in [-0.25, -0.2) is 9.59 Å². The number of nitrogens with one attached hydrogen (secondary N) is 6. The number of carbonyl (C=O) groups is 2. The fraction of sp³-hybridized carbons (Fsp3) is 0.395. The number of amides is 4. The summed E-state index contributed by atoms with van der Waals surface area (Å²) in [6, 6.07) is 41.7. The van der Waals surface area contributed by atoms with Crippen LogP contribution in [0.1, 0.15) is 79.0 Å². The van der Waals surface area contributed by atoms with Crippen molar-refractivity contribution in [2.45, 2.75) is 56.8 Å². The summed E-state index contributed by atoms with van der Waals surface area (Å²) in [4.78, 5) is 24.6. The smallest absolute Gasteiger partial charge is 0.314 e. The van der Waals surface area contributed by atoms with E-state index in [2.05, 4.69) is 129 Å². The van der Waals surface area contributed by atoms with Gasteiger partial charge in [0.1, 0.15) is 0 Å². The van der Waals surface area contributed by atoms with Crippen LogP contribution in [0.15, 0.2) is 121 Å². The van der Waals surface area contributed by atoms with Crippen molar-refractivity contribution in [3.63, 3.8) is 0 Å². The molecule has 0 atom stereocenters. The lowest BCUT2D eigenvalue weighted by molar-refractivity contribution is 0.239. The summed E-state index contributed by atoms with van der Waals surface area (Å²) in [5, 5.41) is 19.0. The molecule has 0 aromatic heterocycles. The molecule has 4 rings (SSSR count). The van der Waals surface area contributed by atoms with Crippen LogP contribution >= 0.6 is 0 Å². The molecule has 6 N–H and O–H groups in total. The van der Waals surface area contributed by atoms with Gasteiger partial charge in [-0.3, -0.25) is 0 Å². The van der Waals surface area contributed by atoms with Crippen molar-refractivity contribution in [3.05, 3.63) is 144 Å². The van der Waals surface area contributed by atoms with E-state index in [1.807, 2.05) is 24.3 Å². The van der Waals surface area contributed by atoms with E-state index >= 15 is 0 Å². The van der Waals surface area contributed by atoms with Crippen molar-refractivity contribution < 1.29 is 9.59 Å². The minimum absolute atomic E-state index is 0.104. The zero-order valence-electron chi connectivity index (χ0n) is 30.1. The first-order valence-corrected chi connectivity index (χ1v) is 18.9. The molecule has 0 aliphatic carbocycles. The second-order valence-corrected chi connectivity index (χ2v) is 13.0. The van der Waals surface area contributed by atoms with E-state index in [9.17, 15) is 9.59 Å². The molecule has 0 bridgehead atoms. The van der Waals surface area contributed by atoms with E-state index in [0.29, 0.717) is 26.2 Å². The standard InChI is InChI=1S/C43H58N6O2/c50-42(48-34-26-40(36-18-6-1-7-19-36)37-20-8-2-9-21-37)46-32-16-30-44-28-14-5-15-29-45-31-17-33-47-43(51)49-35-27-41(38-22-10-3-11-23-38)39-24-12-4-13-25-39/h1-4,6-13,18-25,40-41,44-45H,5,14-17,26-35H2,(H2,46,48,50)(H2,47,49,51). The predicted octanol–water partition coefficient (Wildman–Crippen LogP) is 7.16. The molecule has 0 spiro atoms. The van der Waals surface area contributed by atoms with Crippen LogP contribution in [0.3, 0.4) is 0 Å². The molecule has 4 amide bonds. The molecule has 272 valence electrons. The number of carbonyl (C=O) groups excluding carboxylic acids is 2. The number of benzene rings is 4. The summed E-state index contributed by atoms with van der Waals surface area (Å²) in [5.74, 6) is 0.510. The van der Waals surface area contributed by atoms with E-state index in [1.165, 1.54) is 28.7 Å². The zero-order valence-corrected chi connectivity index (χ0v) is 30.1. The average Bonchev–Trinajstić information content (AvgIpc) is 3.18. The molecule has 4 aromatic carbocycles. The van der Waals surface area contributed by atoms with E-state index in [4.69, 9.17) is 0 Å². The van der Waals surface area contributed by atoms with Crippen molar-refractivity contribution in [1.29, 1.82) is 0 Å². The predicted molar refractivity (Wildman–Crippen MR) is 210 cm³/mol. The van der Waals surface area contributed by atoms with Crippen LogP contribution in [0.2, 0.25) is 0 Å². The Hall–Kier alpha value is -4.66. The maximum Gasteiger partial charge on any atom is 0.314 e. The molecule has 0 fully saturated rings. The van der Waals surface area contributed by atoms with Crippen LogP contribution < -0.4 is 31.9 Å². The number of hydrogen-bond acceptors (Lipinski definition) is 4. The van der Waals surface area contributed by atoms with Gasteiger partial charge in [0.15, 0.2) is 0 Å². The Labute approximate surface area is 305 Å². The molecule has 0 aliphatic heterocycles. The SMILES string of the molecule is O=C(NCCCNCCCCCNCCCNC(=O)NCCC(c1ccccc1)c1ccccc1)NCCC(c1ccccc1)c1ccccc1. The fourth-order valence-electron chi connectivity index (χ4n) is 6.34. The first-order valence-electron chi connectivity index (χ1n) is 18.9. The van der Waals surface area contributed by atoms with Gasteiger partial charge in [-0.2, -0.15) is 0 Å². The Kier molecular flexibility index (Phi) is 18.8. The Balaban J connectivity index is 0.916. The van der Waals surface area contributed by atoms with Crippen molar-refractivity contribution >= 4 is 12.1 Å². The van der Waals surface area contributed by atoms with Crippen LogP contribution in [0.25, 0.3) is 0 Å². The molecule has 0 aliphatic rings. The minimum Gasteiger partial charge on any atom is -0.338 e. The Morgan fingerprint density at radius 1 is 0.353 bits per heavy atom. The van der Waals surface area contributed by atoms with Crippen LogP contribution in [-0.4, -0.2) is 64.4 Å². The molecular formula is C43H58N6O2. The highest BCUT2D eigenvalue weighted by atomic mass is 16.2. The number of hydrogen-bond donors (Lipinski definition) is 6. The molecule has 51 heavy (non-hydrogen) atoms. The van der Waals surface area contributed by atoms with Crippen LogP contribution in [0.5, 0.6) is 0 Å². The Bertz CT molecular complexity index is 1280. The molecule has 0 heterocycles. The summed E-state index contributed by atoms with van der Waals surface area (Å²) < 4.78 is 0. The van der Waals surface area contributed by atoms with Crippen molar-refractivity contribution in [1.82, 2.24) is 31.9 Å². The van der Waals surface area contributed by atoms with Gasteiger partial charge in [0.25, 0.3) is 0 Å². The maximum atomic E-state index is 12.3. The molecule has 8 nitrogen and oxygen atoms in total. The van der Waals surface area contributed by atoms with Gasteiger partial charge in [0, 0.05) is 38.0 Å². The molecule has 0 saturated heterocycles. The fourth-order valence-corrected chi connectivity index (χ4v) is 6.34. The van der Waals surface area contributed by atoms with E-state index in [1.54, 1.807) is 0 Å². The number of unbranched alkanes of at least 4 members (excludes halogenated alkanes) is 2. The Morgan fingerprint density at radius 2 is 0.647 bits per heavy atom. The number of rotatable bonds is 24. The molecule has 0 radical (unpaired) electrons. The minimum atomic E-state index is -0.104. The van der Waals surface area contributed by atoms with E-state index < -0.39 is 0 Å². The third-order valence-corrected chi connectivity index (χ3v) is 9.08. The lowest BCUT2D eigenvalue weighted by Gasteiger charge is -2.18. The summed E-state index contributed by atoms with van der Waals surface area (Å²) in [6.45, 7) is 6.31. The quantitative estimate of drug-likeness (QED) is 0.0439. The monoisotopic (exact) mass is 690 g/mol. The third-order valence-electron chi connectivity index (χ3n) is 9.08. The van der Waals surface area contributed by atoms with Gasteiger partial charge in [0.2, 0.25) is 0 Å². The lowest BCUT2D eigenvalue weighted by Crippen LogP contribution is -2.37. The first kappa shape index (κ1) is 39.1. The average molecular weight is 691 g/mol. The normalized spacial score (nSPS) is 11.0. The molecular weight excluding hydrogens is 633 g/mol. The third kappa shape index (κ3) is 15.8. The lowest BCUT2D eigenvalue weighted by atomic mass is 9.88. The topological polar surface area (TPSA) is 106 Å². The zero-order chi connectivity index (χ0) is 35.6.